The van der Waals surface area contributed by atoms with E-state index >= 15 is 0 Å². The number of pyridine rings is 1. The van der Waals surface area contributed by atoms with Gasteiger partial charge in [-0.2, -0.15) is 17.6 Å². The molecule has 0 amide bonds. The van der Waals surface area contributed by atoms with Gasteiger partial charge in [-0.05, 0) is 13.0 Å². The first kappa shape index (κ1) is 12.8. The molecular formula is C9H6F4N2O2S. The summed E-state index contributed by atoms with van der Waals surface area (Å²) in [5.41, 5.74) is -5.63. The number of fused-ring (bicyclic) bond motifs is 1. The van der Waals surface area contributed by atoms with Crippen molar-refractivity contribution in [3.05, 3.63) is 30.0 Å². The number of sulfone groups is 1. The third-order valence-corrected chi connectivity index (χ3v) is 3.80. The minimum absolute atomic E-state index is 0.0310. The molecule has 0 atom stereocenters. The van der Waals surface area contributed by atoms with Crippen LogP contribution in [0.15, 0.2) is 23.2 Å². The van der Waals surface area contributed by atoms with E-state index in [4.69, 9.17) is 0 Å². The second-order valence-electron chi connectivity index (χ2n) is 3.53. The van der Waals surface area contributed by atoms with Crippen LogP contribution in [0.5, 0.6) is 0 Å². The van der Waals surface area contributed by atoms with Crippen molar-refractivity contribution >= 4 is 15.5 Å². The average Bonchev–Trinajstić information content (AvgIpc) is 2.53. The minimum Gasteiger partial charge on any atom is -0.276 e. The van der Waals surface area contributed by atoms with Crippen LogP contribution in [0.4, 0.5) is 17.6 Å². The van der Waals surface area contributed by atoms with Gasteiger partial charge in [-0.25, -0.2) is 13.4 Å². The molecule has 0 N–H and O–H groups in total. The van der Waals surface area contributed by atoms with E-state index in [1.807, 2.05) is 0 Å². The van der Waals surface area contributed by atoms with Crippen molar-refractivity contribution in [2.24, 2.45) is 0 Å². The molecule has 0 aromatic carbocycles. The lowest BCUT2D eigenvalue weighted by Crippen LogP contribution is -2.23. The van der Waals surface area contributed by atoms with Crippen LogP contribution in [0.2, 0.25) is 0 Å². The molecule has 0 unspecified atom stereocenters. The number of nitrogens with zero attached hydrogens (tertiary/aromatic N) is 2. The summed E-state index contributed by atoms with van der Waals surface area (Å²) in [6, 6.07) is 1.36. The molecule has 0 spiro atoms. The maximum Gasteiger partial charge on any atom is 0.501 e. The fourth-order valence-corrected chi connectivity index (χ4v) is 2.18. The number of aromatic nitrogens is 2. The Bertz CT molecular complexity index is 718. The number of aryl methyl sites for hydroxylation is 1. The lowest BCUT2D eigenvalue weighted by Gasteiger charge is -2.07. The van der Waals surface area contributed by atoms with E-state index in [1.54, 1.807) is 0 Å². The van der Waals surface area contributed by atoms with Crippen LogP contribution in [0.3, 0.4) is 0 Å². The first-order chi connectivity index (χ1) is 8.14. The molecule has 0 radical (unpaired) electrons. The Kier molecular flexibility index (Phi) is 2.61. The highest BCUT2D eigenvalue weighted by molar-refractivity contribution is 7.92. The number of halogens is 4. The van der Waals surface area contributed by atoms with Crippen LogP contribution in [0, 0.1) is 12.9 Å². The summed E-state index contributed by atoms with van der Waals surface area (Å²) in [4.78, 5) is 2.66. The number of imidazole rings is 1. The molecule has 98 valence electrons. The number of hydrogen-bond acceptors (Lipinski definition) is 3. The Morgan fingerprint density at radius 1 is 1.33 bits per heavy atom. The van der Waals surface area contributed by atoms with E-state index in [0.717, 1.165) is 10.6 Å². The Labute approximate surface area is 98.8 Å². The molecule has 4 nitrogen and oxygen atoms in total. The fourth-order valence-electron chi connectivity index (χ4n) is 1.41. The van der Waals surface area contributed by atoms with Crippen molar-refractivity contribution in [3.63, 3.8) is 0 Å². The summed E-state index contributed by atoms with van der Waals surface area (Å²) in [6.07, 6.45) is 0.892. The lowest BCUT2D eigenvalue weighted by atomic mass is 10.5. The molecule has 0 fully saturated rings. The van der Waals surface area contributed by atoms with E-state index in [9.17, 15) is 26.0 Å². The van der Waals surface area contributed by atoms with Crippen molar-refractivity contribution in [1.29, 1.82) is 0 Å². The van der Waals surface area contributed by atoms with Crippen LogP contribution >= 0.6 is 0 Å². The summed E-state index contributed by atoms with van der Waals surface area (Å²) in [5.74, 6) is -0.749. The summed E-state index contributed by atoms with van der Waals surface area (Å²) in [6.45, 7) is 1.32. The molecule has 0 aliphatic heterocycles. The van der Waals surface area contributed by atoms with Gasteiger partial charge in [-0.3, -0.25) is 4.40 Å². The molecule has 18 heavy (non-hydrogen) atoms. The summed E-state index contributed by atoms with van der Waals surface area (Å²) in [7, 11) is -5.45. The van der Waals surface area contributed by atoms with Gasteiger partial charge in [-0.15, -0.1) is 0 Å². The SMILES string of the molecule is Cc1nc2cc(S(=O)(=O)C(F)(F)F)ccn2c1F. The van der Waals surface area contributed by atoms with Gasteiger partial charge in [0, 0.05) is 12.3 Å². The summed E-state index contributed by atoms with van der Waals surface area (Å²) < 4.78 is 73.4. The van der Waals surface area contributed by atoms with Crippen molar-refractivity contribution in [1.82, 2.24) is 9.38 Å². The van der Waals surface area contributed by atoms with Gasteiger partial charge in [-0.1, -0.05) is 0 Å². The van der Waals surface area contributed by atoms with E-state index in [0.29, 0.717) is 12.1 Å². The largest absolute Gasteiger partial charge is 0.501 e. The van der Waals surface area contributed by atoms with Gasteiger partial charge in [0.25, 0.3) is 9.84 Å². The molecule has 2 rings (SSSR count). The molecule has 2 heterocycles. The Morgan fingerprint density at radius 2 is 1.94 bits per heavy atom. The van der Waals surface area contributed by atoms with E-state index in [2.05, 4.69) is 4.98 Å². The fraction of sp³-hybridized carbons (Fsp3) is 0.222. The molecule has 0 saturated heterocycles. The van der Waals surface area contributed by atoms with Crippen LogP contribution in [0.1, 0.15) is 5.69 Å². The van der Waals surface area contributed by atoms with Gasteiger partial charge in [0.05, 0.1) is 10.6 Å². The second-order valence-corrected chi connectivity index (χ2v) is 5.47. The maximum absolute atomic E-state index is 13.3. The monoisotopic (exact) mass is 282 g/mol. The zero-order valence-electron chi connectivity index (χ0n) is 8.86. The van der Waals surface area contributed by atoms with Crippen molar-refractivity contribution in [2.75, 3.05) is 0 Å². The van der Waals surface area contributed by atoms with Crippen molar-refractivity contribution in [3.8, 4) is 0 Å². The highest BCUT2D eigenvalue weighted by atomic mass is 32.2. The van der Waals surface area contributed by atoms with Crippen LogP contribution in [-0.2, 0) is 9.84 Å². The maximum atomic E-state index is 13.3. The molecular weight excluding hydrogens is 276 g/mol. The molecule has 9 heteroatoms. The molecule has 2 aromatic heterocycles. The first-order valence-corrected chi connectivity index (χ1v) is 6.08. The number of rotatable bonds is 1. The van der Waals surface area contributed by atoms with Crippen LogP contribution < -0.4 is 0 Å². The first-order valence-electron chi connectivity index (χ1n) is 4.60. The normalized spacial score (nSPS) is 13.2. The number of hydrogen-bond donors (Lipinski definition) is 0. The summed E-state index contributed by atoms with van der Waals surface area (Å²) >= 11 is 0. The predicted molar refractivity (Wildman–Crippen MR) is 53.1 cm³/mol. The van der Waals surface area contributed by atoms with Crippen LogP contribution in [0.25, 0.3) is 5.65 Å². The Morgan fingerprint density at radius 3 is 2.50 bits per heavy atom. The third-order valence-electron chi connectivity index (χ3n) is 2.31. The highest BCUT2D eigenvalue weighted by Gasteiger charge is 2.47. The minimum atomic E-state index is -5.45. The molecule has 0 bridgehead atoms. The third kappa shape index (κ3) is 1.74. The van der Waals surface area contributed by atoms with Gasteiger partial charge in [0.15, 0.2) is 0 Å². The zero-order valence-corrected chi connectivity index (χ0v) is 9.68. The van der Waals surface area contributed by atoms with E-state index < -0.39 is 26.2 Å². The van der Waals surface area contributed by atoms with Crippen molar-refractivity contribution in [2.45, 2.75) is 17.3 Å². The molecule has 2 aromatic rings. The van der Waals surface area contributed by atoms with Crippen molar-refractivity contribution < 1.29 is 26.0 Å². The lowest BCUT2D eigenvalue weighted by molar-refractivity contribution is -0.0435. The summed E-state index contributed by atoms with van der Waals surface area (Å²) in [5, 5.41) is 0. The second kappa shape index (κ2) is 3.67. The van der Waals surface area contributed by atoms with Gasteiger partial charge in [0.1, 0.15) is 5.65 Å². The zero-order chi connectivity index (χ0) is 13.7. The molecule has 0 saturated carbocycles. The standard InChI is InChI=1S/C9H6F4N2O2S/c1-5-8(10)15-3-2-6(4-7(15)14-5)18(16,17)9(11,12)13/h2-4H,1H3. The van der Waals surface area contributed by atoms with Gasteiger partial charge < -0.3 is 0 Å². The predicted octanol–water partition coefficient (Wildman–Crippen LogP) is 2.08. The molecule has 0 aliphatic rings. The van der Waals surface area contributed by atoms with Gasteiger partial charge in [0.2, 0.25) is 5.95 Å². The van der Waals surface area contributed by atoms with Crippen LogP contribution in [-0.4, -0.2) is 23.3 Å². The highest BCUT2D eigenvalue weighted by Crippen LogP contribution is 2.30. The quantitative estimate of drug-likeness (QED) is 0.752. The Hall–Kier alpha value is -1.64. The molecule has 0 aliphatic carbocycles. The topological polar surface area (TPSA) is 51.4 Å². The smallest absolute Gasteiger partial charge is 0.276 e. The van der Waals surface area contributed by atoms with E-state index in [-0.39, 0.29) is 11.3 Å². The number of alkyl halides is 3. The van der Waals surface area contributed by atoms with E-state index in [1.165, 1.54) is 6.92 Å². The van der Waals surface area contributed by atoms with Gasteiger partial charge >= 0.3 is 5.51 Å². The Balaban J connectivity index is 2.69. The average molecular weight is 282 g/mol.